The van der Waals surface area contributed by atoms with Crippen LogP contribution >= 0.6 is 0 Å². The van der Waals surface area contributed by atoms with E-state index in [1.807, 2.05) is 0 Å². The van der Waals surface area contributed by atoms with Crippen LogP contribution in [-0.4, -0.2) is 18.5 Å². The molecule has 0 radical (unpaired) electrons. The van der Waals surface area contributed by atoms with Crippen LogP contribution in [0.15, 0.2) is 0 Å². The van der Waals surface area contributed by atoms with Crippen LogP contribution in [0.3, 0.4) is 0 Å². The zero-order valence-corrected chi connectivity index (χ0v) is 11.8. The number of hydrogen-bond acceptors (Lipinski definition) is 9. The summed E-state index contributed by atoms with van der Waals surface area (Å²) in [5.74, 6) is 0. The quantitative estimate of drug-likeness (QED) is 0.386. The predicted octanol–water partition coefficient (Wildman–Crippen LogP) is -7.35. The van der Waals surface area contributed by atoms with Crippen molar-refractivity contribution in [2.75, 3.05) is 0 Å². The monoisotopic (exact) mass is 334 g/mol. The fraction of sp³-hybridized carbons (Fsp3) is 0. The van der Waals surface area contributed by atoms with E-state index in [0.717, 1.165) is 0 Å². The molecule has 0 atom stereocenters. The molecule has 0 unspecified atom stereocenters. The maximum absolute atomic E-state index is 8.33. The van der Waals surface area contributed by atoms with Crippen molar-refractivity contribution in [1.29, 1.82) is 0 Å². The first-order valence-corrected chi connectivity index (χ1v) is 1.84. The van der Waals surface area contributed by atoms with Gasteiger partial charge in [0, 0.05) is 0 Å². The van der Waals surface area contributed by atoms with Crippen LogP contribution in [0.1, 0.15) is 0 Å². The van der Waals surface area contributed by atoms with Gasteiger partial charge >= 0.3 is 45.7 Å². The second-order valence-electron chi connectivity index (χ2n) is 0.750. The van der Waals surface area contributed by atoms with Gasteiger partial charge in [0.1, 0.15) is 0 Å². The van der Waals surface area contributed by atoms with E-state index in [0.29, 0.717) is 0 Å². The Labute approximate surface area is 109 Å². The fourth-order valence-corrected chi connectivity index (χ4v) is 0. The summed E-state index contributed by atoms with van der Waals surface area (Å²) >= 11 is 0. The molecule has 9 nitrogen and oxygen atoms in total. The first-order chi connectivity index (χ1) is 5.20. The van der Waals surface area contributed by atoms with Gasteiger partial charge in [0.2, 0.25) is 0 Å². The van der Waals surface area contributed by atoms with E-state index in [2.05, 4.69) is 0 Å². The molecule has 0 bridgehead atoms. The molecule has 14 heavy (non-hydrogen) atoms. The van der Waals surface area contributed by atoms with E-state index >= 15 is 0 Å². The Bertz CT molecular complexity index is 118. The third kappa shape index (κ3) is 2580. The van der Waals surface area contributed by atoms with E-state index in [4.69, 9.17) is 45.0 Å². The molecule has 0 saturated heterocycles. The molecule has 0 rings (SSSR count). The van der Waals surface area contributed by atoms with E-state index in [1.54, 1.807) is 0 Å². The number of carbonyl (C=O) groups excluding carboxylic acids is 3. The van der Waals surface area contributed by atoms with Gasteiger partial charge in [0.15, 0.2) is 0 Å². The van der Waals surface area contributed by atoms with Gasteiger partial charge in [-0.05, 0) is 18.5 Å². The number of carbonyl (C=O) groups is 3. The molecule has 0 N–H and O–H groups in total. The first-order valence-electron chi connectivity index (χ1n) is 1.84. The normalized spacial score (nSPS) is 5.14. The molecule has 11 heteroatoms. The summed E-state index contributed by atoms with van der Waals surface area (Å²) in [5, 5.41) is 50.0. The Morgan fingerprint density at radius 3 is 0.571 bits per heavy atom. The van der Waals surface area contributed by atoms with Crippen molar-refractivity contribution in [2.24, 2.45) is 0 Å². The molecule has 0 aromatic carbocycles. The summed E-state index contributed by atoms with van der Waals surface area (Å²) in [4.78, 5) is 25.0. The Morgan fingerprint density at radius 2 is 0.571 bits per heavy atom. The van der Waals surface area contributed by atoms with E-state index in [1.165, 1.54) is 0 Å². The molecule has 0 aliphatic rings. The molecule has 0 saturated carbocycles. The third-order valence-electron chi connectivity index (χ3n) is 0. The SMILES string of the molecule is O=C([O-])[O-].O=C([O-])[O-].O=C([O-])[O-].[Zn+2].[Zr+4]. The molecule has 72 valence electrons. The second-order valence-corrected chi connectivity index (χ2v) is 0.750. The van der Waals surface area contributed by atoms with Crippen molar-refractivity contribution in [1.82, 2.24) is 0 Å². The van der Waals surface area contributed by atoms with E-state index in [-0.39, 0.29) is 45.7 Å². The van der Waals surface area contributed by atoms with Crippen molar-refractivity contribution < 1.29 is 90.7 Å². The minimum Gasteiger partial charge on any atom is -0.652 e. The van der Waals surface area contributed by atoms with Gasteiger partial charge in [0.25, 0.3) is 0 Å². The molecule has 0 amide bonds. The fourth-order valence-electron chi connectivity index (χ4n) is 0. The van der Waals surface area contributed by atoms with Crippen LogP contribution in [0.4, 0.5) is 14.4 Å². The van der Waals surface area contributed by atoms with Crippen molar-refractivity contribution in [3.05, 3.63) is 0 Å². The van der Waals surface area contributed by atoms with Crippen molar-refractivity contribution in [3.63, 3.8) is 0 Å². The molecular weight excluding hydrogens is 337 g/mol. The van der Waals surface area contributed by atoms with Crippen LogP contribution in [-0.2, 0) is 45.7 Å². The number of rotatable bonds is 0. The average molecular weight is 337 g/mol. The Morgan fingerprint density at radius 1 is 0.571 bits per heavy atom. The molecule has 0 heterocycles. The molecular formula is C3O9ZnZr. The van der Waals surface area contributed by atoms with Gasteiger partial charge < -0.3 is 45.0 Å². The van der Waals surface area contributed by atoms with Crippen LogP contribution in [0.5, 0.6) is 0 Å². The average Bonchev–Trinajstić information content (AvgIpc) is 1.54. The summed E-state index contributed by atoms with van der Waals surface area (Å²) < 4.78 is 0. The zero-order chi connectivity index (χ0) is 10.7. The molecule has 0 aromatic rings. The molecule has 0 aliphatic heterocycles. The van der Waals surface area contributed by atoms with Crippen LogP contribution in [0.25, 0.3) is 0 Å². The van der Waals surface area contributed by atoms with Crippen molar-refractivity contribution in [2.45, 2.75) is 0 Å². The topological polar surface area (TPSA) is 190 Å². The Kier molecular flexibility index (Phi) is 47.6. The molecule has 0 aliphatic carbocycles. The maximum atomic E-state index is 8.33. The molecule has 0 fully saturated rings. The summed E-state index contributed by atoms with van der Waals surface area (Å²) in [6.45, 7) is 0. The molecule has 0 spiro atoms. The minimum atomic E-state index is -2.33. The third-order valence-corrected chi connectivity index (χ3v) is 0. The standard InChI is InChI=1S/3CH2O3.Zn.Zr/c3*2-1(3)4;;/h3*(H2,2,3,4);;/q;;;+2;+4/p-6. The molecule has 0 aromatic heterocycles. The predicted molar refractivity (Wildman–Crippen MR) is 16.2 cm³/mol. The van der Waals surface area contributed by atoms with Crippen LogP contribution < -0.4 is 30.6 Å². The first kappa shape index (κ1) is 29.2. The van der Waals surface area contributed by atoms with Crippen LogP contribution in [0, 0.1) is 0 Å². The van der Waals surface area contributed by atoms with Crippen molar-refractivity contribution >= 4 is 18.5 Å². The van der Waals surface area contributed by atoms with Gasteiger partial charge in [0.05, 0.1) is 0 Å². The maximum Gasteiger partial charge on any atom is 4.00 e. The van der Waals surface area contributed by atoms with Gasteiger partial charge in [-0.25, -0.2) is 0 Å². The largest absolute Gasteiger partial charge is 4.00 e. The summed E-state index contributed by atoms with van der Waals surface area (Å²) in [6, 6.07) is 0. The van der Waals surface area contributed by atoms with Crippen LogP contribution in [0.2, 0.25) is 0 Å². The zero-order valence-electron chi connectivity index (χ0n) is 6.38. The number of hydrogen-bond donors (Lipinski definition) is 0. The smallest absolute Gasteiger partial charge is 0.652 e. The second kappa shape index (κ2) is 22.8. The van der Waals surface area contributed by atoms with Gasteiger partial charge in [-0.1, -0.05) is 0 Å². The number of carboxylic acid groups (broad SMARTS) is 6. The summed E-state index contributed by atoms with van der Waals surface area (Å²) in [5.41, 5.74) is 0. The summed E-state index contributed by atoms with van der Waals surface area (Å²) in [7, 11) is 0. The van der Waals surface area contributed by atoms with Crippen molar-refractivity contribution in [3.8, 4) is 0 Å². The minimum absolute atomic E-state index is 0. The van der Waals surface area contributed by atoms with E-state index in [9.17, 15) is 0 Å². The summed E-state index contributed by atoms with van der Waals surface area (Å²) in [6.07, 6.45) is -7.00. The van der Waals surface area contributed by atoms with Gasteiger partial charge in [-0.2, -0.15) is 0 Å². The Hall–Kier alpha value is -0.684. The van der Waals surface area contributed by atoms with Gasteiger partial charge in [-0.3, -0.25) is 0 Å². The van der Waals surface area contributed by atoms with E-state index < -0.39 is 18.5 Å². The van der Waals surface area contributed by atoms with Gasteiger partial charge in [-0.15, -0.1) is 0 Å². The Balaban J connectivity index is -0.0000000270.